The van der Waals surface area contributed by atoms with Crippen LogP contribution in [0, 0.1) is 0 Å². The summed E-state index contributed by atoms with van der Waals surface area (Å²) in [7, 11) is 15.6. The van der Waals surface area contributed by atoms with Gasteiger partial charge in [-0.05, 0) is 77.0 Å². The van der Waals surface area contributed by atoms with Gasteiger partial charge in [0.2, 0.25) is 0 Å². The summed E-state index contributed by atoms with van der Waals surface area (Å²) in [5.41, 5.74) is 14.6. The molecule has 3 aromatic rings. The minimum Gasteiger partial charge on any atom is -0.384 e. The van der Waals surface area contributed by atoms with Crippen molar-refractivity contribution in [3.63, 3.8) is 0 Å². The number of nitrogens with zero attached hydrogens (tertiary/aromatic N) is 2. The Bertz CT molecular complexity index is 1130. The molecule has 4 rings (SSSR count). The maximum atomic E-state index is 6.71. The quantitative estimate of drug-likeness (QED) is 0.0769. The highest BCUT2D eigenvalue weighted by Gasteiger charge is 2.58. The van der Waals surface area contributed by atoms with Crippen LogP contribution in [0.4, 0.5) is 5.69 Å². The third-order valence-electron chi connectivity index (χ3n) is 8.13. The Labute approximate surface area is 293 Å². The van der Waals surface area contributed by atoms with Crippen molar-refractivity contribution in [2.24, 2.45) is 11.5 Å². The van der Waals surface area contributed by atoms with E-state index in [9.17, 15) is 0 Å². The Morgan fingerprint density at radius 3 is 1.65 bits per heavy atom. The van der Waals surface area contributed by atoms with E-state index in [2.05, 4.69) is 53.9 Å². The summed E-state index contributed by atoms with van der Waals surface area (Å²) in [6, 6.07) is 16.7. The van der Waals surface area contributed by atoms with Gasteiger partial charge >= 0.3 is 0 Å². The van der Waals surface area contributed by atoms with E-state index in [1.54, 1.807) is 0 Å². The van der Waals surface area contributed by atoms with Crippen LogP contribution in [-0.2, 0) is 0 Å². The fourth-order valence-corrected chi connectivity index (χ4v) is 5.70. The van der Waals surface area contributed by atoms with Crippen molar-refractivity contribution in [3.8, 4) is 0 Å². The Morgan fingerprint density at radius 2 is 1.12 bits per heavy atom. The van der Waals surface area contributed by atoms with Crippen LogP contribution in [0.5, 0.6) is 0 Å². The molecule has 0 amide bonds. The molecule has 1 aliphatic rings. The van der Waals surface area contributed by atoms with Gasteiger partial charge in [0.25, 0.3) is 0 Å². The lowest BCUT2D eigenvalue weighted by Gasteiger charge is -2.24. The molecule has 1 saturated heterocycles. The lowest BCUT2D eigenvalue weighted by atomic mass is 9.63. The molecule has 2 atom stereocenters. The molecule has 43 heavy (non-hydrogen) atoms. The fraction of sp³-hybridized carbons (Fsp3) is 0.567. The number of fused-ring (bicyclic) bond motifs is 2. The van der Waals surface area contributed by atoms with E-state index < -0.39 is 0 Å². The Morgan fingerprint density at radius 1 is 0.651 bits per heavy atom. The number of pyridine rings is 1. The summed E-state index contributed by atoms with van der Waals surface area (Å²) in [6.45, 7) is 5.69. The maximum Gasteiger partial charge on any atom is 0.102 e. The van der Waals surface area contributed by atoms with Crippen molar-refractivity contribution in [1.29, 1.82) is 0 Å². The van der Waals surface area contributed by atoms with Crippen LogP contribution >= 0.6 is 62.0 Å². The predicted octanol–water partition coefficient (Wildman–Crippen LogP) is 6.93. The molecule has 1 aromatic heterocycles. The van der Waals surface area contributed by atoms with Gasteiger partial charge in [-0.1, -0.05) is 72.5 Å². The van der Waals surface area contributed by atoms with Gasteiger partial charge in [-0.25, -0.2) is 4.98 Å². The molecule has 1 fully saturated rings. The van der Waals surface area contributed by atoms with Crippen molar-refractivity contribution in [2.75, 3.05) is 44.6 Å². The van der Waals surface area contributed by atoms with E-state index >= 15 is 0 Å². The van der Waals surface area contributed by atoms with Gasteiger partial charge in [0, 0.05) is 17.3 Å². The molecule has 2 unspecified atom stereocenters. The van der Waals surface area contributed by atoms with Crippen LogP contribution in [0.1, 0.15) is 57.8 Å². The molecule has 0 saturated carbocycles. The standard InChI is InChI=1S/C30H43B3N5.5ClH/c31-29(30(32,33-29)17-6-9-21-38(23-11-19-35)22-10-7-18-34)16-5-8-20-36-28-24-12-1-3-14-26(24)37-27-15-4-2-13-25(27)28;;;;;/h1-4,12-15H,5-11,16-23,34-35H2,(H,36,37);5*1H. The monoisotopic (exact) mass is 686 g/mol. The molecule has 5 nitrogen and oxygen atoms in total. The van der Waals surface area contributed by atoms with Crippen LogP contribution in [0.3, 0.4) is 0 Å². The second-order valence-corrected chi connectivity index (χ2v) is 11.1. The van der Waals surface area contributed by atoms with Crippen LogP contribution in [0.15, 0.2) is 48.5 Å². The highest BCUT2D eigenvalue weighted by molar-refractivity contribution is 6.80. The topological polar surface area (TPSA) is 80.2 Å². The SMILES string of the molecule is Cl.Cl.Cl.Cl.Cl.[B]C1(CCCCNc2c3ccccc3nc3ccccc23)[B]C1([B])CCCCN(CCCN)CCCCN. The molecular weight excluding hydrogens is 640 g/mol. The minimum atomic E-state index is -0.330. The number of benzene rings is 2. The number of para-hydroxylation sites is 2. The summed E-state index contributed by atoms with van der Waals surface area (Å²) in [5, 5.41) is 5.38. The predicted molar refractivity (Wildman–Crippen MR) is 203 cm³/mol. The number of anilines is 1. The lowest BCUT2D eigenvalue weighted by Crippen LogP contribution is -2.29. The first-order valence-electron chi connectivity index (χ1n) is 14.6. The molecule has 237 valence electrons. The molecular formula is C30H48B3Cl5N5. The number of nitrogens with two attached hydrogens (primary N) is 2. The van der Waals surface area contributed by atoms with Crippen LogP contribution in [0.25, 0.3) is 21.8 Å². The first-order valence-corrected chi connectivity index (χ1v) is 14.6. The number of rotatable bonds is 18. The zero-order chi connectivity index (χ0) is 26.8. The van der Waals surface area contributed by atoms with E-state index in [1.165, 1.54) is 16.5 Å². The lowest BCUT2D eigenvalue weighted by molar-refractivity contribution is 0.260. The van der Waals surface area contributed by atoms with E-state index in [-0.39, 0.29) is 72.5 Å². The third-order valence-corrected chi connectivity index (χ3v) is 8.13. The van der Waals surface area contributed by atoms with Crippen molar-refractivity contribution in [1.82, 2.24) is 9.88 Å². The number of unbranched alkanes of at least 4 members (excludes halogenated alkanes) is 3. The molecule has 13 heteroatoms. The zero-order valence-corrected chi connectivity index (χ0v) is 29.1. The largest absolute Gasteiger partial charge is 0.384 e. The van der Waals surface area contributed by atoms with Gasteiger partial charge in [0.05, 0.1) is 32.4 Å². The Hall–Kier alpha value is -0.565. The fourth-order valence-electron chi connectivity index (χ4n) is 5.70. The van der Waals surface area contributed by atoms with Crippen molar-refractivity contribution in [2.45, 2.75) is 68.2 Å². The van der Waals surface area contributed by atoms with Crippen molar-refractivity contribution in [3.05, 3.63) is 48.5 Å². The van der Waals surface area contributed by atoms with Crippen LogP contribution in [0.2, 0.25) is 10.4 Å². The smallest absolute Gasteiger partial charge is 0.102 e. The summed E-state index contributed by atoms with van der Waals surface area (Å²) < 4.78 is 0. The summed E-state index contributed by atoms with van der Waals surface area (Å²) in [6.07, 6.45) is 9.53. The Balaban J connectivity index is 0. The third kappa shape index (κ3) is 12.3. The van der Waals surface area contributed by atoms with Gasteiger partial charge in [-0.2, -0.15) is 0 Å². The highest BCUT2D eigenvalue weighted by atomic mass is 35.5. The summed E-state index contributed by atoms with van der Waals surface area (Å²) in [5.74, 6) is 0. The average molecular weight is 688 g/mol. The molecule has 0 spiro atoms. The molecule has 0 aliphatic carbocycles. The Kier molecular flexibility index (Phi) is 22.8. The second kappa shape index (κ2) is 22.0. The first-order chi connectivity index (χ1) is 18.5. The van der Waals surface area contributed by atoms with E-state index in [1.807, 2.05) is 12.1 Å². The highest BCUT2D eigenvalue weighted by Crippen LogP contribution is 2.69. The van der Waals surface area contributed by atoms with E-state index in [0.29, 0.717) is 0 Å². The second-order valence-electron chi connectivity index (χ2n) is 11.1. The van der Waals surface area contributed by atoms with Crippen LogP contribution in [-0.4, -0.2) is 72.1 Å². The molecule has 5 N–H and O–H groups in total. The van der Waals surface area contributed by atoms with Gasteiger partial charge in [-0.15, -0.1) is 62.0 Å². The molecule has 2 heterocycles. The van der Waals surface area contributed by atoms with E-state index in [4.69, 9.17) is 32.1 Å². The number of halogens is 5. The summed E-state index contributed by atoms with van der Waals surface area (Å²) in [4.78, 5) is 7.35. The van der Waals surface area contributed by atoms with Gasteiger partial charge < -0.3 is 21.7 Å². The van der Waals surface area contributed by atoms with Crippen LogP contribution < -0.4 is 16.8 Å². The van der Waals surface area contributed by atoms with Crippen molar-refractivity contribution >= 4 is 113 Å². The number of hydrogen-bond donors (Lipinski definition) is 3. The summed E-state index contributed by atoms with van der Waals surface area (Å²) >= 11 is 0. The average Bonchev–Trinajstić information content (AvgIpc) is 3.48. The molecule has 0 bridgehead atoms. The molecule has 2 aromatic carbocycles. The van der Waals surface area contributed by atoms with Crippen molar-refractivity contribution < 1.29 is 0 Å². The van der Waals surface area contributed by atoms with Gasteiger partial charge in [0.15, 0.2) is 0 Å². The van der Waals surface area contributed by atoms with E-state index in [0.717, 1.165) is 108 Å². The van der Waals surface area contributed by atoms with Gasteiger partial charge in [-0.3, -0.25) is 0 Å². The van der Waals surface area contributed by atoms with Gasteiger partial charge in [0.1, 0.15) is 7.28 Å². The first kappa shape index (κ1) is 44.6. The normalized spacial score (nSPS) is 18.3. The number of hydrogen-bond acceptors (Lipinski definition) is 5. The maximum absolute atomic E-state index is 6.71. The molecule has 1 aliphatic heterocycles. The molecule has 5 radical (unpaired) electrons. The number of aromatic nitrogens is 1. The zero-order valence-electron chi connectivity index (χ0n) is 25.0. The minimum absolute atomic E-state index is 0. The number of nitrogens with one attached hydrogen (secondary N) is 1.